The predicted molar refractivity (Wildman–Crippen MR) is 216 cm³/mol. The molecule has 0 spiro atoms. The SMILES string of the molecule is Nc1ncc(-c2ccc(C3(c4noc(-c5ccc[nH]c5=O)n4)CCC3)cc2)cn1.Nc1ncc(-c2ccc(C3(c4noc(-c5cccnc5Cl)n4)CCC3)cc2)cn1. The average Bonchev–Trinajstić information content (AvgIpc) is 3.91. The van der Waals surface area contributed by atoms with E-state index in [1.807, 2.05) is 18.2 Å². The molecule has 58 heavy (non-hydrogen) atoms. The van der Waals surface area contributed by atoms with Gasteiger partial charge in [0.1, 0.15) is 10.7 Å². The van der Waals surface area contributed by atoms with E-state index >= 15 is 0 Å². The van der Waals surface area contributed by atoms with Crippen LogP contribution in [-0.2, 0) is 10.8 Å². The van der Waals surface area contributed by atoms with Crippen molar-refractivity contribution < 1.29 is 9.05 Å². The molecule has 2 aromatic carbocycles. The first-order valence-electron chi connectivity index (χ1n) is 18.7. The van der Waals surface area contributed by atoms with E-state index in [9.17, 15) is 4.79 Å². The number of aromatic amines is 1. The van der Waals surface area contributed by atoms with Gasteiger partial charge in [-0.1, -0.05) is 83.3 Å². The molecule has 6 heterocycles. The number of anilines is 2. The standard InChI is InChI=1S/C21H17ClN6O.C21H18N6O2/c22-17-16(3-1-10-24-17)18-27-19(28-29-18)21(8-2-9-21)15-6-4-13(5-7-15)14-11-25-20(23)26-12-14;22-20-24-11-14(12-25-20)13-4-6-15(7-5-13)21(8-2-9-21)19-26-18(29-27-19)16-3-1-10-23-17(16)28/h1,3-7,10-12H,2,8-9H2,(H2,23,25,26);1,3-7,10-12H,2,8-9H2,(H,23,28)(H2,22,24,25). The first kappa shape index (κ1) is 36.5. The molecule has 0 amide bonds. The maximum atomic E-state index is 12.0. The van der Waals surface area contributed by atoms with Crippen LogP contribution in [0.25, 0.3) is 45.2 Å². The van der Waals surface area contributed by atoms with E-state index in [1.54, 1.807) is 55.4 Å². The van der Waals surface area contributed by atoms with Crippen molar-refractivity contribution in [2.24, 2.45) is 0 Å². The molecule has 2 aliphatic carbocycles. The monoisotopic (exact) mass is 790 g/mol. The van der Waals surface area contributed by atoms with Crippen LogP contribution >= 0.6 is 11.6 Å². The molecule has 2 saturated carbocycles. The summed E-state index contributed by atoms with van der Waals surface area (Å²) in [7, 11) is 0. The number of hydrogen-bond donors (Lipinski definition) is 3. The summed E-state index contributed by atoms with van der Waals surface area (Å²) in [6, 6.07) is 23.6. The van der Waals surface area contributed by atoms with Crippen LogP contribution in [0.3, 0.4) is 0 Å². The number of pyridine rings is 2. The fourth-order valence-corrected chi connectivity index (χ4v) is 7.67. The molecule has 8 aromatic rings. The maximum absolute atomic E-state index is 12.0. The summed E-state index contributed by atoms with van der Waals surface area (Å²) in [5.74, 6) is 2.45. The van der Waals surface area contributed by atoms with E-state index in [-0.39, 0.29) is 34.2 Å². The zero-order chi connectivity index (χ0) is 39.7. The van der Waals surface area contributed by atoms with Crippen molar-refractivity contribution in [3.05, 3.63) is 148 Å². The second-order valence-corrected chi connectivity index (χ2v) is 14.6. The number of hydrogen-bond acceptors (Lipinski definition) is 14. The second kappa shape index (κ2) is 15.1. The molecule has 6 aromatic heterocycles. The lowest BCUT2D eigenvalue weighted by molar-refractivity contribution is 0.273. The van der Waals surface area contributed by atoms with Crippen LogP contribution in [0.2, 0.25) is 5.15 Å². The molecule has 0 bridgehead atoms. The molecule has 0 aliphatic heterocycles. The summed E-state index contributed by atoms with van der Waals surface area (Å²) < 4.78 is 11.0. The van der Waals surface area contributed by atoms with Crippen LogP contribution in [-0.4, -0.2) is 50.2 Å². The lowest BCUT2D eigenvalue weighted by Crippen LogP contribution is -2.36. The predicted octanol–water partition coefficient (Wildman–Crippen LogP) is 7.23. The highest BCUT2D eigenvalue weighted by atomic mass is 35.5. The van der Waals surface area contributed by atoms with Crippen LogP contribution in [0.4, 0.5) is 11.9 Å². The molecular formula is C42H35ClN12O3. The van der Waals surface area contributed by atoms with Gasteiger partial charge in [0.15, 0.2) is 11.6 Å². The fraction of sp³-hybridized carbons (Fsp3) is 0.190. The number of nitrogens with one attached hydrogen (secondary N) is 1. The van der Waals surface area contributed by atoms with Crippen molar-refractivity contribution in [3.63, 3.8) is 0 Å². The van der Waals surface area contributed by atoms with Gasteiger partial charge >= 0.3 is 0 Å². The van der Waals surface area contributed by atoms with Crippen LogP contribution in [0, 0.1) is 0 Å². The Morgan fingerprint density at radius 3 is 1.48 bits per heavy atom. The Morgan fingerprint density at radius 1 is 0.586 bits per heavy atom. The van der Waals surface area contributed by atoms with Gasteiger partial charge in [-0.2, -0.15) is 9.97 Å². The van der Waals surface area contributed by atoms with Crippen LogP contribution in [0.15, 0.2) is 124 Å². The molecule has 2 fully saturated rings. The molecule has 2 aliphatic rings. The highest BCUT2D eigenvalue weighted by molar-refractivity contribution is 6.31. The minimum absolute atomic E-state index is 0.240. The van der Waals surface area contributed by atoms with Crippen molar-refractivity contribution >= 4 is 23.5 Å². The van der Waals surface area contributed by atoms with E-state index in [1.165, 1.54) is 0 Å². The number of nitrogens with two attached hydrogens (primary N) is 2. The molecule has 5 N–H and O–H groups in total. The Bertz CT molecular complexity index is 2740. The van der Waals surface area contributed by atoms with Gasteiger partial charge in [-0.25, -0.2) is 24.9 Å². The first-order valence-corrected chi connectivity index (χ1v) is 19.0. The first-order chi connectivity index (χ1) is 28.3. The minimum Gasteiger partial charge on any atom is -0.368 e. The normalized spacial score (nSPS) is 15.1. The van der Waals surface area contributed by atoms with Crippen molar-refractivity contribution in [1.82, 2.24) is 50.2 Å². The van der Waals surface area contributed by atoms with Gasteiger partial charge in [0.05, 0.1) is 16.4 Å². The molecule has 15 nitrogen and oxygen atoms in total. The summed E-state index contributed by atoms with van der Waals surface area (Å²) in [6.07, 6.45) is 16.1. The van der Waals surface area contributed by atoms with E-state index in [2.05, 4.69) is 86.6 Å². The van der Waals surface area contributed by atoms with Gasteiger partial charge in [0.25, 0.3) is 17.3 Å². The quantitative estimate of drug-likeness (QED) is 0.129. The number of benzene rings is 2. The minimum atomic E-state index is -0.292. The van der Waals surface area contributed by atoms with Crippen LogP contribution in [0.5, 0.6) is 0 Å². The van der Waals surface area contributed by atoms with E-state index in [0.717, 1.165) is 71.9 Å². The van der Waals surface area contributed by atoms with Crippen LogP contribution < -0.4 is 17.0 Å². The van der Waals surface area contributed by atoms with E-state index in [4.69, 9.17) is 32.1 Å². The summed E-state index contributed by atoms with van der Waals surface area (Å²) in [5.41, 5.74) is 17.5. The summed E-state index contributed by atoms with van der Waals surface area (Å²) in [6.45, 7) is 0. The zero-order valence-corrected chi connectivity index (χ0v) is 31.7. The Labute approximate surface area is 336 Å². The van der Waals surface area contributed by atoms with Crippen molar-refractivity contribution in [1.29, 1.82) is 0 Å². The molecule has 0 unspecified atom stereocenters. The molecule has 0 atom stereocenters. The highest BCUT2D eigenvalue weighted by Crippen LogP contribution is 2.49. The molecule has 288 valence electrons. The molecular weight excluding hydrogens is 756 g/mol. The highest BCUT2D eigenvalue weighted by Gasteiger charge is 2.45. The number of H-pyrrole nitrogens is 1. The third-order valence-electron chi connectivity index (χ3n) is 11.0. The van der Waals surface area contributed by atoms with Gasteiger partial charge in [-0.15, -0.1) is 0 Å². The molecule has 0 radical (unpaired) electrons. The molecule has 0 saturated heterocycles. The number of rotatable bonds is 8. The van der Waals surface area contributed by atoms with E-state index < -0.39 is 0 Å². The van der Waals surface area contributed by atoms with Gasteiger partial charge in [0.2, 0.25) is 11.9 Å². The van der Waals surface area contributed by atoms with Crippen LogP contribution in [0.1, 0.15) is 61.3 Å². The van der Waals surface area contributed by atoms with Crippen molar-refractivity contribution in [3.8, 4) is 45.2 Å². The Morgan fingerprint density at radius 2 is 1.05 bits per heavy atom. The summed E-state index contributed by atoms with van der Waals surface area (Å²) in [4.78, 5) is 44.2. The largest absolute Gasteiger partial charge is 0.368 e. The number of aromatic nitrogens is 10. The smallest absolute Gasteiger partial charge is 0.263 e. The Kier molecular flexibility index (Phi) is 9.49. The summed E-state index contributed by atoms with van der Waals surface area (Å²) >= 11 is 6.18. The molecule has 16 heteroatoms. The Hall–Kier alpha value is -7.13. The average molecular weight is 791 g/mol. The zero-order valence-electron chi connectivity index (χ0n) is 30.9. The fourth-order valence-electron chi connectivity index (χ4n) is 7.47. The number of nitrogens with zero attached hydrogens (tertiary/aromatic N) is 9. The topological polar surface area (TPSA) is 227 Å². The van der Waals surface area contributed by atoms with E-state index in [0.29, 0.717) is 33.8 Å². The number of nitrogen functional groups attached to an aromatic ring is 2. The lowest BCUT2D eigenvalue weighted by Gasteiger charge is -2.39. The van der Waals surface area contributed by atoms with Crippen molar-refractivity contribution in [2.45, 2.75) is 49.4 Å². The van der Waals surface area contributed by atoms with Gasteiger partial charge in [0, 0.05) is 48.3 Å². The van der Waals surface area contributed by atoms with Crippen molar-refractivity contribution in [2.75, 3.05) is 11.5 Å². The third-order valence-corrected chi connectivity index (χ3v) is 11.3. The number of halogens is 1. The maximum Gasteiger partial charge on any atom is 0.263 e. The second-order valence-electron chi connectivity index (χ2n) is 14.3. The third kappa shape index (κ3) is 6.74. The van der Waals surface area contributed by atoms with Gasteiger partial charge < -0.3 is 25.5 Å². The van der Waals surface area contributed by atoms with Gasteiger partial charge in [-0.3, -0.25) is 4.79 Å². The lowest BCUT2D eigenvalue weighted by atomic mass is 9.64. The summed E-state index contributed by atoms with van der Waals surface area (Å²) in [5, 5.41) is 8.86. The molecule has 10 rings (SSSR count). The van der Waals surface area contributed by atoms with Gasteiger partial charge in [-0.05, 0) is 72.2 Å². The Balaban J connectivity index is 0.000000150.